The Morgan fingerprint density at radius 3 is 2.66 bits per heavy atom. The number of imidazole rings is 1. The SMILES string of the molecule is CC(C)n1c(C2CCCN2C(=O)C2CC23CCNCC3)nc2ccccc21.Cl.Cl. The molecule has 160 valence electrons. The standard InChI is InChI=1S/C22H30N4O.2ClH/c1-15(2)26-18-7-4-3-6-17(18)24-20(26)19-8-5-13-25(19)21(27)16-14-22(16)9-11-23-12-10-22;;/h3-4,6-7,15-16,19,23H,5,8-14H2,1-2H3;2*1H. The normalized spacial score (nSPS) is 25.1. The van der Waals surface area contributed by atoms with Gasteiger partial charge >= 0.3 is 0 Å². The molecule has 29 heavy (non-hydrogen) atoms. The predicted octanol–water partition coefficient (Wildman–Crippen LogP) is 4.51. The second kappa shape index (κ2) is 8.44. The lowest BCUT2D eigenvalue weighted by Crippen LogP contribution is -2.37. The summed E-state index contributed by atoms with van der Waals surface area (Å²) in [7, 11) is 0. The maximum Gasteiger partial charge on any atom is 0.226 e. The molecule has 3 heterocycles. The first kappa shape index (κ1) is 22.4. The fraction of sp³-hybridized carbons (Fsp3) is 0.636. The van der Waals surface area contributed by atoms with Crippen LogP contribution < -0.4 is 5.32 Å². The van der Waals surface area contributed by atoms with E-state index in [1.54, 1.807) is 0 Å². The van der Waals surface area contributed by atoms with Crippen LogP contribution in [0.4, 0.5) is 0 Å². The molecule has 3 aliphatic rings. The van der Waals surface area contributed by atoms with E-state index < -0.39 is 0 Å². The van der Waals surface area contributed by atoms with Crippen molar-refractivity contribution in [3.63, 3.8) is 0 Å². The number of nitrogens with one attached hydrogen (secondary N) is 1. The summed E-state index contributed by atoms with van der Waals surface area (Å²) in [5, 5.41) is 3.44. The van der Waals surface area contributed by atoms with E-state index >= 15 is 0 Å². The summed E-state index contributed by atoms with van der Waals surface area (Å²) in [5.74, 6) is 1.72. The fourth-order valence-corrected chi connectivity index (χ4v) is 5.51. The van der Waals surface area contributed by atoms with E-state index in [1.807, 2.05) is 6.07 Å². The Labute approximate surface area is 185 Å². The maximum absolute atomic E-state index is 13.4. The summed E-state index contributed by atoms with van der Waals surface area (Å²) < 4.78 is 2.35. The molecule has 2 unspecified atom stereocenters. The number of carbonyl (C=O) groups is 1. The first-order valence-electron chi connectivity index (χ1n) is 10.6. The van der Waals surface area contributed by atoms with Crippen LogP contribution >= 0.6 is 24.8 Å². The number of carbonyl (C=O) groups excluding carboxylic acids is 1. The van der Waals surface area contributed by atoms with Gasteiger partial charge in [0, 0.05) is 18.5 Å². The van der Waals surface area contributed by atoms with Crippen LogP contribution in [0.15, 0.2) is 24.3 Å². The van der Waals surface area contributed by atoms with Gasteiger partial charge in [-0.3, -0.25) is 4.79 Å². The highest BCUT2D eigenvalue weighted by atomic mass is 35.5. The van der Waals surface area contributed by atoms with Crippen molar-refractivity contribution < 1.29 is 4.79 Å². The Morgan fingerprint density at radius 1 is 1.21 bits per heavy atom. The molecule has 1 saturated carbocycles. The monoisotopic (exact) mass is 438 g/mol. The van der Waals surface area contributed by atoms with E-state index in [-0.39, 0.29) is 36.8 Å². The zero-order valence-corrected chi connectivity index (χ0v) is 18.9. The van der Waals surface area contributed by atoms with Crippen molar-refractivity contribution in [3.05, 3.63) is 30.1 Å². The molecular weight excluding hydrogens is 407 g/mol. The lowest BCUT2D eigenvalue weighted by atomic mass is 9.91. The van der Waals surface area contributed by atoms with Gasteiger partial charge in [0.1, 0.15) is 5.82 Å². The highest BCUT2D eigenvalue weighted by Crippen LogP contribution is 2.60. The Hall–Kier alpha value is -1.30. The van der Waals surface area contributed by atoms with E-state index in [0.717, 1.165) is 63.1 Å². The first-order chi connectivity index (χ1) is 13.1. The summed E-state index contributed by atoms with van der Waals surface area (Å²) in [4.78, 5) is 20.6. The average molecular weight is 439 g/mol. The van der Waals surface area contributed by atoms with Gasteiger partial charge in [0.05, 0.1) is 17.1 Å². The number of hydrogen-bond acceptors (Lipinski definition) is 3. The van der Waals surface area contributed by atoms with Gasteiger partial charge in [-0.05, 0) is 76.6 Å². The van der Waals surface area contributed by atoms with Crippen molar-refractivity contribution in [1.82, 2.24) is 19.8 Å². The molecule has 0 radical (unpaired) electrons. The van der Waals surface area contributed by atoms with E-state index in [4.69, 9.17) is 4.98 Å². The number of piperidine rings is 1. The molecule has 5 nitrogen and oxygen atoms in total. The number of fused-ring (bicyclic) bond motifs is 1. The van der Waals surface area contributed by atoms with Crippen molar-refractivity contribution in [2.24, 2.45) is 11.3 Å². The Balaban J connectivity index is 0.00000120. The predicted molar refractivity (Wildman–Crippen MR) is 121 cm³/mol. The molecule has 1 N–H and O–H groups in total. The van der Waals surface area contributed by atoms with E-state index in [2.05, 4.69) is 46.8 Å². The zero-order chi connectivity index (χ0) is 18.6. The molecule has 1 aromatic heterocycles. The van der Waals surface area contributed by atoms with Crippen LogP contribution in [0.3, 0.4) is 0 Å². The van der Waals surface area contributed by atoms with Crippen LogP contribution in [-0.4, -0.2) is 40.0 Å². The number of benzene rings is 1. The highest BCUT2D eigenvalue weighted by Gasteiger charge is 2.59. The van der Waals surface area contributed by atoms with Crippen LogP contribution in [0.25, 0.3) is 11.0 Å². The minimum absolute atomic E-state index is 0. The fourth-order valence-electron chi connectivity index (χ4n) is 5.51. The topological polar surface area (TPSA) is 50.2 Å². The van der Waals surface area contributed by atoms with Gasteiger partial charge in [0.2, 0.25) is 5.91 Å². The van der Waals surface area contributed by atoms with Gasteiger partial charge in [-0.1, -0.05) is 12.1 Å². The quantitative estimate of drug-likeness (QED) is 0.766. The molecule has 2 atom stereocenters. The molecule has 1 aromatic carbocycles. The minimum atomic E-state index is 0. The second-order valence-corrected chi connectivity index (χ2v) is 8.98. The third-order valence-electron chi connectivity index (χ3n) is 7.06. The molecule has 0 bridgehead atoms. The van der Waals surface area contributed by atoms with Gasteiger partial charge in [-0.15, -0.1) is 24.8 Å². The van der Waals surface area contributed by atoms with Gasteiger partial charge in [0.25, 0.3) is 0 Å². The lowest BCUT2D eigenvalue weighted by molar-refractivity contribution is -0.134. The molecule has 1 aliphatic carbocycles. The molecule has 2 aromatic rings. The molecule has 3 fully saturated rings. The number of likely N-dealkylation sites (tertiary alicyclic amines) is 1. The van der Waals surface area contributed by atoms with Crippen LogP contribution in [0.2, 0.25) is 0 Å². The lowest BCUT2D eigenvalue weighted by Gasteiger charge is -2.29. The van der Waals surface area contributed by atoms with Crippen molar-refractivity contribution in [2.45, 2.75) is 58.0 Å². The summed E-state index contributed by atoms with van der Waals surface area (Å²) >= 11 is 0. The number of halogens is 2. The third kappa shape index (κ3) is 3.66. The highest BCUT2D eigenvalue weighted by molar-refractivity contribution is 5.86. The maximum atomic E-state index is 13.4. The number of amides is 1. The van der Waals surface area contributed by atoms with Gasteiger partial charge in [-0.25, -0.2) is 4.98 Å². The molecule has 2 aliphatic heterocycles. The summed E-state index contributed by atoms with van der Waals surface area (Å²) in [6.45, 7) is 7.44. The van der Waals surface area contributed by atoms with Crippen molar-refractivity contribution in [2.75, 3.05) is 19.6 Å². The molecule has 1 spiro atoms. The Morgan fingerprint density at radius 2 is 1.93 bits per heavy atom. The summed E-state index contributed by atoms with van der Waals surface area (Å²) in [6.07, 6.45) is 5.53. The minimum Gasteiger partial charge on any atom is -0.332 e. The van der Waals surface area contributed by atoms with Crippen molar-refractivity contribution in [1.29, 1.82) is 0 Å². The molecule has 5 rings (SSSR count). The van der Waals surface area contributed by atoms with Crippen LogP contribution in [0.1, 0.15) is 63.9 Å². The van der Waals surface area contributed by atoms with Crippen molar-refractivity contribution >= 4 is 41.8 Å². The zero-order valence-electron chi connectivity index (χ0n) is 17.3. The van der Waals surface area contributed by atoms with Gasteiger partial charge < -0.3 is 14.8 Å². The molecule has 7 heteroatoms. The first-order valence-corrected chi connectivity index (χ1v) is 10.6. The largest absolute Gasteiger partial charge is 0.332 e. The summed E-state index contributed by atoms with van der Waals surface area (Å²) in [5.41, 5.74) is 2.53. The number of nitrogens with zero attached hydrogens (tertiary/aromatic N) is 3. The second-order valence-electron chi connectivity index (χ2n) is 8.98. The molecule has 1 amide bonds. The number of aromatic nitrogens is 2. The average Bonchev–Trinajstić information content (AvgIpc) is 3.05. The van der Waals surface area contributed by atoms with E-state index in [9.17, 15) is 4.79 Å². The van der Waals surface area contributed by atoms with Crippen LogP contribution in [0.5, 0.6) is 0 Å². The molecule has 2 saturated heterocycles. The van der Waals surface area contributed by atoms with Crippen LogP contribution in [-0.2, 0) is 4.79 Å². The third-order valence-corrected chi connectivity index (χ3v) is 7.06. The summed E-state index contributed by atoms with van der Waals surface area (Å²) in [6, 6.07) is 8.83. The van der Waals surface area contributed by atoms with E-state index in [0.29, 0.717) is 17.4 Å². The van der Waals surface area contributed by atoms with Crippen molar-refractivity contribution in [3.8, 4) is 0 Å². The van der Waals surface area contributed by atoms with Crippen LogP contribution in [0, 0.1) is 11.3 Å². The Bertz CT molecular complexity index is 875. The number of para-hydroxylation sites is 2. The molecular formula is C22H32Cl2N4O. The van der Waals surface area contributed by atoms with Gasteiger partial charge in [-0.2, -0.15) is 0 Å². The smallest absolute Gasteiger partial charge is 0.226 e. The number of rotatable bonds is 3. The Kier molecular flexibility index (Phi) is 6.52. The number of hydrogen-bond donors (Lipinski definition) is 1. The van der Waals surface area contributed by atoms with Gasteiger partial charge in [0.15, 0.2) is 0 Å². The van der Waals surface area contributed by atoms with E-state index in [1.165, 1.54) is 5.52 Å².